The molecule has 0 bridgehead atoms. The van der Waals surface area contributed by atoms with Gasteiger partial charge in [-0.25, -0.2) is 0 Å². The second-order valence-electron chi connectivity index (χ2n) is 10.2. The first-order chi connectivity index (χ1) is 14.2. The predicted molar refractivity (Wildman–Crippen MR) is 132 cm³/mol. The van der Waals surface area contributed by atoms with Crippen molar-refractivity contribution in [1.29, 1.82) is 5.41 Å². The first-order valence-electron chi connectivity index (χ1n) is 10.4. The average molecular weight is 505 g/mol. The second-order valence-corrected chi connectivity index (χ2v) is 10.2. The summed E-state index contributed by atoms with van der Waals surface area (Å²) in [7, 11) is 1.52. The third-order valence-corrected chi connectivity index (χ3v) is 5.71. The monoisotopic (exact) mass is 504 g/mol. The molecule has 1 heterocycles. The zero-order valence-corrected chi connectivity index (χ0v) is 21.5. The maximum Gasteiger partial charge on any atom is 0.182 e. The van der Waals surface area contributed by atoms with Crippen LogP contribution in [0.15, 0.2) is 24.3 Å². The molecule has 0 atom stereocenters. The number of rotatable bonds is 4. The molecule has 0 spiro atoms. The SMILES string of the molecule is Br.COc1cc(O)c2c(c1)CN(CC(=O)c1cc(C(C)(C)C)c(O)c(C(C)(C)C)c1)C2=N. The summed E-state index contributed by atoms with van der Waals surface area (Å²) in [5.41, 5.74) is 2.49. The van der Waals surface area contributed by atoms with Crippen molar-refractivity contribution in [3.8, 4) is 17.2 Å². The molecule has 32 heavy (non-hydrogen) atoms. The summed E-state index contributed by atoms with van der Waals surface area (Å²) in [6.07, 6.45) is 0. The fraction of sp³-hybridized carbons (Fsp3) is 0.440. The molecular weight excluding hydrogens is 472 g/mol. The Morgan fingerprint density at radius 1 is 1.03 bits per heavy atom. The van der Waals surface area contributed by atoms with Gasteiger partial charge in [0.1, 0.15) is 23.1 Å². The lowest BCUT2D eigenvalue weighted by atomic mass is 9.78. The quantitative estimate of drug-likeness (QED) is 0.490. The summed E-state index contributed by atoms with van der Waals surface area (Å²) in [6, 6.07) is 6.79. The number of amidine groups is 1. The molecule has 2 aromatic rings. The van der Waals surface area contributed by atoms with Crippen molar-refractivity contribution in [3.63, 3.8) is 0 Å². The number of ketones is 1. The topological polar surface area (TPSA) is 93.8 Å². The van der Waals surface area contributed by atoms with Crippen molar-refractivity contribution in [2.45, 2.75) is 58.9 Å². The van der Waals surface area contributed by atoms with Gasteiger partial charge in [-0.3, -0.25) is 10.2 Å². The van der Waals surface area contributed by atoms with E-state index in [9.17, 15) is 15.0 Å². The van der Waals surface area contributed by atoms with Gasteiger partial charge >= 0.3 is 0 Å². The van der Waals surface area contributed by atoms with Crippen molar-refractivity contribution < 1.29 is 19.7 Å². The molecule has 1 aliphatic rings. The van der Waals surface area contributed by atoms with Crippen LogP contribution in [0, 0.1) is 5.41 Å². The molecule has 3 N–H and O–H groups in total. The van der Waals surface area contributed by atoms with Crippen LogP contribution in [0.2, 0.25) is 0 Å². The number of carbonyl (C=O) groups excluding carboxylic acids is 1. The highest BCUT2D eigenvalue weighted by molar-refractivity contribution is 8.93. The Balaban J connectivity index is 0.00000363. The van der Waals surface area contributed by atoms with Crippen LogP contribution in [0.1, 0.15) is 74.2 Å². The lowest BCUT2D eigenvalue weighted by Gasteiger charge is -2.28. The number of carbonyl (C=O) groups is 1. The summed E-state index contributed by atoms with van der Waals surface area (Å²) < 4.78 is 5.20. The number of fused-ring (bicyclic) bond motifs is 1. The molecule has 0 radical (unpaired) electrons. The zero-order chi connectivity index (χ0) is 23.3. The van der Waals surface area contributed by atoms with Crippen LogP contribution in [0.25, 0.3) is 0 Å². The van der Waals surface area contributed by atoms with Gasteiger partial charge in [0.25, 0.3) is 0 Å². The van der Waals surface area contributed by atoms with Gasteiger partial charge in [0.15, 0.2) is 5.78 Å². The molecule has 0 fully saturated rings. The van der Waals surface area contributed by atoms with E-state index in [1.807, 2.05) is 41.5 Å². The zero-order valence-electron chi connectivity index (χ0n) is 19.8. The van der Waals surface area contributed by atoms with E-state index in [2.05, 4.69) is 0 Å². The Morgan fingerprint density at radius 2 is 1.56 bits per heavy atom. The Morgan fingerprint density at radius 3 is 2.03 bits per heavy atom. The van der Waals surface area contributed by atoms with E-state index in [-0.39, 0.29) is 57.5 Å². The molecule has 1 aliphatic heterocycles. The number of phenolic OH excluding ortho intramolecular Hbond substituents is 2. The van der Waals surface area contributed by atoms with E-state index in [0.717, 1.165) is 16.7 Å². The first kappa shape index (κ1) is 25.7. The summed E-state index contributed by atoms with van der Waals surface area (Å²) in [4.78, 5) is 14.9. The molecule has 0 amide bonds. The molecule has 0 saturated heterocycles. The smallest absolute Gasteiger partial charge is 0.182 e. The van der Waals surface area contributed by atoms with Crippen molar-refractivity contribution in [3.05, 3.63) is 52.1 Å². The van der Waals surface area contributed by atoms with Gasteiger partial charge in [-0.05, 0) is 34.6 Å². The number of Topliss-reactive ketones (excluding diaryl/α,β-unsaturated/α-hetero) is 1. The molecule has 0 saturated carbocycles. The van der Waals surface area contributed by atoms with Crippen molar-refractivity contribution in [1.82, 2.24) is 4.90 Å². The van der Waals surface area contributed by atoms with Gasteiger partial charge in [-0.2, -0.15) is 0 Å². The van der Waals surface area contributed by atoms with Gasteiger partial charge in [0.05, 0.1) is 19.2 Å². The fourth-order valence-corrected chi connectivity index (χ4v) is 3.95. The summed E-state index contributed by atoms with van der Waals surface area (Å²) >= 11 is 0. The van der Waals surface area contributed by atoms with Gasteiger partial charge in [0.2, 0.25) is 0 Å². The van der Waals surface area contributed by atoms with Crippen LogP contribution < -0.4 is 4.74 Å². The van der Waals surface area contributed by atoms with Crippen LogP contribution in [-0.2, 0) is 17.4 Å². The maximum atomic E-state index is 13.3. The number of methoxy groups -OCH3 is 1. The van der Waals surface area contributed by atoms with Crippen LogP contribution in [0.3, 0.4) is 0 Å². The second kappa shape index (κ2) is 8.77. The molecular formula is C25H33BrN2O4. The molecule has 0 aliphatic carbocycles. The van der Waals surface area contributed by atoms with E-state index in [4.69, 9.17) is 10.1 Å². The van der Waals surface area contributed by atoms with Crippen molar-refractivity contribution in [2.75, 3.05) is 13.7 Å². The number of nitrogens with one attached hydrogen (secondary N) is 1. The number of nitrogens with zero attached hydrogens (tertiary/aromatic N) is 1. The third kappa shape index (κ3) is 4.77. The van der Waals surface area contributed by atoms with Crippen LogP contribution >= 0.6 is 17.0 Å². The molecule has 0 unspecified atom stereocenters. The molecule has 2 aromatic carbocycles. The highest BCUT2D eigenvalue weighted by atomic mass is 79.9. The van der Waals surface area contributed by atoms with Crippen molar-refractivity contribution >= 4 is 28.6 Å². The molecule has 174 valence electrons. The van der Waals surface area contributed by atoms with Crippen LogP contribution in [0.4, 0.5) is 0 Å². The Kier molecular flexibility index (Phi) is 7.05. The Hall–Kier alpha value is -2.54. The molecule has 3 rings (SSSR count). The van der Waals surface area contributed by atoms with Gasteiger partial charge in [-0.1, -0.05) is 41.5 Å². The predicted octanol–water partition coefficient (Wildman–Crippen LogP) is 5.30. The number of ether oxygens (including phenoxy) is 1. The number of hydrogen-bond acceptors (Lipinski definition) is 5. The summed E-state index contributed by atoms with van der Waals surface area (Å²) in [5, 5.41) is 29.7. The Labute approximate surface area is 200 Å². The van der Waals surface area contributed by atoms with Crippen molar-refractivity contribution in [2.24, 2.45) is 0 Å². The third-order valence-electron chi connectivity index (χ3n) is 5.71. The van der Waals surface area contributed by atoms with E-state index in [1.165, 1.54) is 13.2 Å². The molecule has 7 heteroatoms. The van der Waals surface area contributed by atoms with E-state index in [1.54, 1.807) is 23.1 Å². The molecule has 6 nitrogen and oxygen atoms in total. The standard InChI is InChI=1S/C25H32N2O4.BrH/c1-24(2,3)17-9-14(10-18(22(17)30)25(4,5)6)20(29)13-27-12-15-8-16(31-7)11-19(28)21(15)23(27)26;/h8-11,26,28,30H,12-13H2,1-7H3;1H. The lowest BCUT2D eigenvalue weighted by Crippen LogP contribution is -2.30. The van der Waals surface area contributed by atoms with Gasteiger partial charge < -0.3 is 19.8 Å². The minimum absolute atomic E-state index is 0. The normalized spacial score (nSPS) is 13.6. The average Bonchev–Trinajstić information content (AvgIpc) is 2.95. The van der Waals surface area contributed by atoms with Gasteiger partial charge in [0, 0.05) is 29.3 Å². The van der Waals surface area contributed by atoms with Gasteiger partial charge in [-0.15, -0.1) is 17.0 Å². The maximum absolute atomic E-state index is 13.3. The number of phenols is 2. The van der Waals surface area contributed by atoms with E-state index < -0.39 is 0 Å². The Bertz CT molecular complexity index is 1030. The van der Waals surface area contributed by atoms with Crippen LogP contribution in [0.5, 0.6) is 17.2 Å². The highest BCUT2D eigenvalue weighted by Gasteiger charge is 2.31. The number of halogens is 1. The molecule has 0 aromatic heterocycles. The van der Waals surface area contributed by atoms with Crippen LogP contribution in [-0.4, -0.2) is 40.4 Å². The minimum atomic E-state index is -0.334. The first-order valence-corrected chi connectivity index (χ1v) is 10.4. The highest BCUT2D eigenvalue weighted by Crippen LogP contribution is 2.40. The van der Waals surface area contributed by atoms with E-state index >= 15 is 0 Å². The minimum Gasteiger partial charge on any atom is -0.507 e. The summed E-state index contributed by atoms with van der Waals surface area (Å²) in [6.45, 7) is 12.4. The fourth-order valence-electron chi connectivity index (χ4n) is 3.95. The number of aromatic hydroxyl groups is 2. The lowest BCUT2D eigenvalue weighted by molar-refractivity contribution is 0.0962. The number of benzene rings is 2. The largest absolute Gasteiger partial charge is 0.507 e. The summed E-state index contributed by atoms with van der Waals surface area (Å²) in [5.74, 6) is 0.702. The number of hydrogen-bond donors (Lipinski definition) is 3. The van der Waals surface area contributed by atoms with E-state index in [0.29, 0.717) is 23.4 Å².